The van der Waals surface area contributed by atoms with Gasteiger partial charge in [-0.2, -0.15) is 0 Å². The third-order valence-electron chi connectivity index (χ3n) is 7.29. The number of thiocarbonyl (C=S) groups is 1. The summed E-state index contributed by atoms with van der Waals surface area (Å²) < 4.78 is 8.46. The van der Waals surface area contributed by atoms with Crippen molar-refractivity contribution in [1.29, 1.82) is 0 Å². The summed E-state index contributed by atoms with van der Waals surface area (Å²) in [5.41, 5.74) is 4.47. The van der Waals surface area contributed by atoms with Gasteiger partial charge in [-0.3, -0.25) is 4.98 Å². The molecule has 1 aliphatic heterocycles. The standard InChI is InChI=1S/C30H30N4OS/c1-21-9-13-25(14-10-21)35-26-15-11-24(12-16-26)34-29(22-17-19-33(20-22)23-6-2-3-7-23)28(32-30(34)36)27-8-4-5-18-31-27/h4-5,8-20,23,28-29H,2-3,6-7H2,1H3,(H,32,36)/t28-,29-/m1/s1. The zero-order valence-corrected chi connectivity index (χ0v) is 21.2. The van der Waals surface area contributed by atoms with Gasteiger partial charge in [0.15, 0.2) is 5.11 Å². The van der Waals surface area contributed by atoms with Gasteiger partial charge in [0.25, 0.3) is 0 Å². The van der Waals surface area contributed by atoms with Crippen molar-refractivity contribution in [3.05, 3.63) is 108 Å². The molecule has 0 unspecified atom stereocenters. The molecule has 1 saturated carbocycles. The van der Waals surface area contributed by atoms with Crippen LogP contribution in [0.3, 0.4) is 0 Å². The van der Waals surface area contributed by atoms with E-state index in [1.54, 1.807) is 0 Å². The maximum Gasteiger partial charge on any atom is 0.174 e. The molecule has 6 heteroatoms. The van der Waals surface area contributed by atoms with Crippen molar-refractivity contribution in [2.45, 2.75) is 50.7 Å². The van der Waals surface area contributed by atoms with Gasteiger partial charge in [0, 0.05) is 30.3 Å². The van der Waals surface area contributed by atoms with Crippen LogP contribution in [-0.4, -0.2) is 14.7 Å². The predicted octanol–water partition coefficient (Wildman–Crippen LogP) is 7.28. The molecule has 2 atom stereocenters. The average Bonchev–Trinajstić information content (AvgIpc) is 3.66. The first kappa shape index (κ1) is 22.8. The monoisotopic (exact) mass is 494 g/mol. The molecular formula is C30H30N4OS. The number of aromatic nitrogens is 2. The molecule has 0 spiro atoms. The van der Waals surface area contributed by atoms with Crippen molar-refractivity contribution >= 4 is 23.0 Å². The second-order valence-corrected chi connectivity index (χ2v) is 10.1. The molecule has 2 aromatic carbocycles. The fourth-order valence-electron chi connectivity index (χ4n) is 5.42. The number of hydrogen-bond donors (Lipinski definition) is 1. The first-order valence-corrected chi connectivity index (χ1v) is 13.1. The lowest BCUT2D eigenvalue weighted by Crippen LogP contribution is -2.29. The number of benzene rings is 2. The Kier molecular flexibility index (Phi) is 6.20. The highest BCUT2D eigenvalue weighted by Gasteiger charge is 2.41. The fourth-order valence-corrected chi connectivity index (χ4v) is 5.77. The topological polar surface area (TPSA) is 42.3 Å². The van der Waals surface area contributed by atoms with Crippen molar-refractivity contribution in [2.24, 2.45) is 0 Å². The number of rotatable bonds is 6. The number of nitrogens with one attached hydrogen (secondary N) is 1. The van der Waals surface area contributed by atoms with Crippen molar-refractivity contribution in [3.8, 4) is 11.5 Å². The Morgan fingerprint density at radius 1 is 0.917 bits per heavy atom. The maximum absolute atomic E-state index is 6.06. The van der Waals surface area contributed by atoms with Gasteiger partial charge in [-0.25, -0.2) is 0 Å². The number of nitrogens with zero attached hydrogens (tertiary/aromatic N) is 3. The fraction of sp³-hybridized carbons (Fsp3) is 0.267. The van der Waals surface area contributed by atoms with E-state index in [0.717, 1.165) is 22.9 Å². The van der Waals surface area contributed by atoms with Crippen LogP contribution >= 0.6 is 12.2 Å². The van der Waals surface area contributed by atoms with E-state index < -0.39 is 0 Å². The molecule has 6 rings (SSSR count). The predicted molar refractivity (Wildman–Crippen MR) is 148 cm³/mol. The van der Waals surface area contributed by atoms with E-state index in [-0.39, 0.29) is 12.1 Å². The molecule has 3 heterocycles. The Labute approximate surface area is 217 Å². The largest absolute Gasteiger partial charge is 0.457 e. The van der Waals surface area contributed by atoms with Crippen LogP contribution in [0.2, 0.25) is 0 Å². The SMILES string of the molecule is Cc1ccc(Oc2ccc(N3C(=S)N[C@H](c4ccccn4)[C@H]3c3ccn(C4CCCC4)c3)cc2)cc1. The Morgan fingerprint density at radius 3 is 2.33 bits per heavy atom. The molecule has 4 aromatic rings. The van der Waals surface area contributed by atoms with Crippen LogP contribution in [0.4, 0.5) is 5.69 Å². The average molecular weight is 495 g/mol. The van der Waals surface area contributed by atoms with Crippen LogP contribution in [0.5, 0.6) is 11.5 Å². The third kappa shape index (κ3) is 4.49. The molecule has 0 bridgehead atoms. The summed E-state index contributed by atoms with van der Waals surface area (Å²) in [7, 11) is 0. The van der Waals surface area contributed by atoms with Crippen molar-refractivity contribution in [2.75, 3.05) is 4.90 Å². The molecule has 0 radical (unpaired) electrons. The quantitative estimate of drug-likeness (QED) is 0.285. The van der Waals surface area contributed by atoms with Gasteiger partial charge >= 0.3 is 0 Å². The Hall–Kier alpha value is -3.64. The van der Waals surface area contributed by atoms with Crippen molar-refractivity contribution < 1.29 is 4.74 Å². The zero-order valence-electron chi connectivity index (χ0n) is 20.4. The molecule has 2 aromatic heterocycles. The van der Waals surface area contributed by atoms with Gasteiger partial charge in [0.1, 0.15) is 11.5 Å². The third-order valence-corrected chi connectivity index (χ3v) is 7.61. The Bertz CT molecular complexity index is 1330. The minimum absolute atomic E-state index is 0.00100. The van der Waals surface area contributed by atoms with Gasteiger partial charge in [-0.05, 0) is 92.1 Å². The number of hydrogen-bond acceptors (Lipinski definition) is 3. The van der Waals surface area contributed by atoms with Crippen LogP contribution in [-0.2, 0) is 0 Å². The molecule has 1 aliphatic carbocycles. The molecule has 1 N–H and O–H groups in total. The van der Waals surface area contributed by atoms with Crippen molar-refractivity contribution in [1.82, 2.24) is 14.9 Å². The first-order chi connectivity index (χ1) is 17.7. The van der Waals surface area contributed by atoms with Crippen LogP contribution in [0, 0.1) is 6.92 Å². The molecule has 0 amide bonds. The summed E-state index contributed by atoms with van der Waals surface area (Å²) in [5, 5.41) is 4.27. The van der Waals surface area contributed by atoms with E-state index in [0.29, 0.717) is 11.2 Å². The van der Waals surface area contributed by atoms with E-state index in [4.69, 9.17) is 17.0 Å². The summed E-state index contributed by atoms with van der Waals surface area (Å²) in [6.07, 6.45) is 11.5. The normalized spacial score (nSPS) is 20.0. The molecule has 36 heavy (non-hydrogen) atoms. The zero-order chi connectivity index (χ0) is 24.5. The molecule has 1 saturated heterocycles. The van der Waals surface area contributed by atoms with E-state index in [9.17, 15) is 0 Å². The molecular weight excluding hydrogens is 464 g/mol. The first-order valence-electron chi connectivity index (χ1n) is 12.7. The van der Waals surface area contributed by atoms with E-state index in [1.807, 2.05) is 42.6 Å². The van der Waals surface area contributed by atoms with Gasteiger partial charge in [-0.15, -0.1) is 0 Å². The lowest BCUT2D eigenvalue weighted by molar-refractivity contribution is 0.482. The molecule has 182 valence electrons. The lowest BCUT2D eigenvalue weighted by atomic mass is 9.98. The smallest absolute Gasteiger partial charge is 0.174 e. The lowest BCUT2D eigenvalue weighted by Gasteiger charge is -2.27. The minimum atomic E-state index is -0.0402. The van der Waals surface area contributed by atoms with E-state index >= 15 is 0 Å². The summed E-state index contributed by atoms with van der Waals surface area (Å²) in [4.78, 5) is 6.90. The summed E-state index contributed by atoms with van der Waals surface area (Å²) >= 11 is 5.89. The minimum Gasteiger partial charge on any atom is -0.457 e. The van der Waals surface area contributed by atoms with Crippen molar-refractivity contribution in [3.63, 3.8) is 0 Å². The highest BCUT2D eigenvalue weighted by Crippen LogP contribution is 2.43. The highest BCUT2D eigenvalue weighted by atomic mass is 32.1. The van der Waals surface area contributed by atoms with Crippen LogP contribution < -0.4 is 15.0 Å². The van der Waals surface area contributed by atoms with Crippen LogP contribution in [0.1, 0.15) is 60.6 Å². The highest BCUT2D eigenvalue weighted by molar-refractivity contribution is 7.80. The van der Waals surface area contributed by atoms with Gasteiger partial charge < -0.3 is 19.5 Å². The van der Waals surface area contributed by atoms with Gasteiger partial charge in [0.05, 0.1) is 17.8 Å². The summed E-state index contributed by atoms with van der Waals surface area (Å²) in [6.45, 7) is 2.07. The Balaban J connectivity index is 1.32. The maximum atomic E-state index is 6.06. The van der Waals surface area contributed by atoms with Gasteiger partial charge in [-0.1, -0.05) is 36.6 Å². The molecule has 5 nitrogen and oxygen atoms in total. The Morgan fingerprint density at radius 2 is 1.64 bits per heavy atom. The summed E-state index contributed by atoms with van der Waals surface area (Å²) in [6, 6.07) is 25.1. The summed E-state index contributed by atoms with van der Waals surface area (Å²) in [5.74, 6) is 1.62. The number of pyridine rings is 1. The molecule has 2 aliphatic rings. The van der Waals surface area contributed by atoms with Crippen LogP contribution in [0.25, 0.3) is 0 Å². The molecule has 2 fully saturated rings. The number of aryl methyl sites for hydroxylation is 1. The van der Waals surface area contributed by atoms with Gasteiger partial charge in [0.2, 0.25) is 0 Å². The number of ether oxygens (including phenoxy) is 1. The number of anilines is 1. The van der Waals surface area contributed by atoms with Crippen LogP contribution in [0.15, 0.2) is 91.4 Å². The second kappa shape index (κ2) is 9.78. The van der Waals surface area contributed by atoms with E-state index in [1.165, 1.54) is 36.8 Å². The van der Waals surface area contributed by atoms with E-state index in [2.05, 4.69) is 75.5 Å². The second-order valence-electron chi connectivity index (χ2n) is 9.74.